The number of aliphatic carboxylic acids is 1. The number of carbonyl (C=O) groups is 2. The number of hydrogen-bond acceptors (Lipinski definition) is 4. The predicted octanol–water partition coefficient (Wildman–Crippen LogP) is -0.0355. The summed E-state index contributed by atoms with van der Waals surface area (Å²) < 4.78 is 56.1. The second-order valence-electron chi connectivity index (χ2n) is 4.10. The summed E-state index contributed by atoms with van der Waals surface area (Å²) in [6, 6.07) is 1.23. The Bertz CT molecular complexity index is 661. The molecule has 0 aliphatic rings. The topological polar surface area (TPSA) is 121 Å². The summed E-state index contributed by atoms with van der Waals surface area (Å²) in [5.74, 6) is -6.39. The van der Waals surface area contributed by atoms with Gasteiger partial charge >= 0.3 is 5.97 Å². The largest absolute Gasteiger partial charge is 0.480 e. The maximum Gasteiger partial charge on any atom is 0.327 e. The van der Waals surface area contributed by atoms with Gasteiger partial charge in [0.2, 0.25) is 5.91 Å². The Morgan fingerprint density at radius 1 is 1.29 bits per heavy atom. The molecule has 1 atom stereocenters. The smallest absolute Gasteiger partial charge is 0.327 e. The molecule has 1 amide bonds. The van der Waals surface area contributed by atoms with Crippen molar-refractivity contribution in [3.63, 3.8) is 0 Å². The molecule has 0 radical (unpaired) electrons. The van der Waals surface area contributed by atoms with E-state index in [0.29, 0.717) is 0 Å². The summed E-state index contributed by atoms with van der Waals surface area (Å²) in [7, 11) is -4.63. The SMILES string of the molecule is O=C(Cc1cccc(F)c1F)NC(CS(=O)(=O)O)C(=O)O. The van der Waals surface area contributed by atoms with Gasteiger partial charge in [-0.2, -0.15) is 8.42 Å². The number of benzene rings is 1. The zero-order valence-corrected chi connectivity index (χ0v) is 11.2. The van der Waals surface area contributed by atoms with Crippen LogP contribution in [0.25, 0.3) is 0 Å². The van der Waals surface area contributed by atoms with E-state index < -0.39 is 51.8 Å². The van der Waals surface area contributed by atoms with Crippen molar-refractivity contribution in [3.8, 4) is 0 Å². The summed E-state index contributed by atoms with van der Waals surface area (Å²) >= 11 is 0. The highest BCUT2D eigenvalue weighted by atomic mass is 32.2. The Balaban J connectivity index is 2.79. The maximum absolute atomic E-state index is 13.3. The standard InChI is InChI=1S/C11H11F2NO6S/c12-7-3-1-2-6(10(7)13)4-9(15)14-8(11(16)17)5-21(18,19)20/h1-3,8H,4-5H2,(H,14,15)(H,16,17)(H,18,19,20). The van der Waals surface area contributed by atoms with Crippen molar-refractivity contribution in [3.05, 3.63) is 35.4 Å². The van der Waals surface area contributed by atoms with Gasteiger partial charge in [-0.1, -0.05) is 12.1 Å². The lowest BCUT2D eigenvalue weighted by molar-refractivity contribution is -0.141. The van der Waals surface area contributed by atoms with E-state index in [-0.39, 0.29) is 5.56 Å². The van der Waals surface area contributed by atoms with Crippen molar-refractivity contribution in [1.29, 1.82) is 0 Å². The predicted molar refractivity (Wildman–Crippen MR) is 66.0 cm³/mol. The van der Waals surface area contributed by atoms with Crippen LogP contribution in [0.15, 0.2) is 18.2 Å². The summed E-state index contributed by atoms with van der Waals surface area (Å²) in [6.45, 7) is 0. The molecule has 0 aliphatic carbocycles. The van der Waals surface area contributed by atoms with E-state index in [1.165, 1.54) is 0 Å². The van der Waals surface area contributed by atoms with Gasteiger partial charge in [-0.3, -0.25) is 9.35 Å². The summed E-state index contributed by atoms with van der Waals surface area (Å²) in [6.07, 6.45) is -0.682. The number of carboxylic acid groups (broad SMARTS) is 1. The zero-order chi connectivity index (χ0) is 16.2. The molecule has 0 aromatic heterocycles. The summed E-state index contributed by atoms with van der Waals surface area (Å²) in [5.41, 5.74) is -0.316. The Kier molecular flexibility index (Phi) is 5.33. The van der Waals surface area contributed by atoms with Crippen molar-refractivity contribution in [2.45, 2.75) is 12.5 Å². The van der Waals surface area contributed by atoms with Gasteiger partial charge in [0.05, 0.1) is 6.42 Å². The van der Waals surface area contributed by atoms with Crippen LogP contribution in [-0.4, -0.2) is 41.7 Å². The van der Waals surface area contributed by atoms with Crippen LogP contribution in [0.5, 0.6) is 0 Å². The first-order valence-electron chi connectivity index (χ1n) is 5.50. The molecule has 10 heteroatoms. The third kappa shape index (κ3) is 5.44. The van der Waals surface area contributed by atoms with E-state index in [1.807, 2.05) is 0 Å². The first kappa shape index (κ1) is 17.0. The van der Waals surface area contributed by atoms with Gasteiger partial charge < -0.3 is 10.4 Å². The molecule has 0 heterocycles. The summed E-state index contributed by atoms with van der Waals surface area (Å²) in [5, 5.41) is 10.5. The van der Waals surface area contributed by atoms with Crippen LogP contribution in [0, 0.1) is 11.6 Å². The molecular formula is C11H11F2NO6S. The lowest BCUT2D eigenvalue weighted by Crippen LogP contribution is -2.45. The van der Waals surface area contributed by atoms with Gasteiger partial charge in [-0.15, -0.1) is 0 Å². The quantitative estimate of drug-likeness (QED) is 0.632. The van der Waals surface area contributed by atoms with Gasteiger partial charge in [0.25, 0.3) is 10.1 Å². The van der Waals surface area contributed by atoms with Crippen molar-refractivity contribution >= 4 is 22.0 Å². The minimum Gasteiger partial charge on any atom is -0.480 e. The molecular weight excluding hydrogens is 312 g/mol. The lowest BCUT2D eigenvalue weighted by Gasteiger charge is -2.13. The van der Waals surface area contributed by atoms with Crippen molar-refractivity contribution in [1.82, 2.24) is 5.32 Å². The molecule has 0 fully saturated rings. The van der Waals surface area contributed by atoms with Gasteiger partial charge in [0.1, 0.15) is 11.8 Å². The van der Waals surface area contributed by atoms with Crippen LogP contribution < -0.4 is 5.32 Å². The third-order valence-corrected chi connectivity index (χ3v) is 3.15. The van der Waals surface area contributed by atoms with E-state index in [0.717, 1.165) is 18.2 Å². The molecule has 1 aromatic carbocycles. The number of carbonyl (C=O) groups excluding carboxylic acids is 1. The van der Waals surface area contributed by atoms with E-state index in [2.05, 4.69) is 0 Å². The number of nitrogens with one attached hydrogen (secondary N) is 1. The minimum absolute atomic E-state index is 0.316. The fourth-order valence-corrected chi connectivity index (χ4v) is 2.14. The van der Waals surface area contributed by atoms with Crippen LogP contribution >= 0.6 is 0 Å². The molecule has 7 nitrogen and oxygen atoms in total. The average molecular weight is 323 g/mol. The highest BCUT2D eigenvalue weighted by Crippen LogP contribution is 2.11. The fraction of sp³-hybridized carbons (Fsp3) is 0.273. The van der Waals surface area contributed by atoms with E-state index in [9.17, 15) is 26.8 Å². The fourth-order valence-electron chi connectivity index (χ4n) is 1.49. The molecule has 3 N–H and O–H groups in total. The molecule has 1 unspecified atom stereocenters. The van der Waals surface area contributed by atoms with Gasteiger partial charge in [0, 0.05) is 5.56 Å². The normalized spacial score (nSPS) is 12.7. The minimum atomic E-state index is -4.63. The number of carboxylic acids is 1. The molecule has 116 valence electrons. The van der Waals surface area contributed by atoms with Crippen molar-refractivity contribution < 1.29 is 36.4 Å². The monoisotopic (exact) mass is 323 g/mol. The summed E-state index contributed by atoms with van der Waals surface area (Å²) in [4.78, 5) is 22.3. The first-order valence-corrected chi connectivity index (χ1v) is 7.11. The van der Waals surface area contributed by atoms with Gasteiger partial charge in [-0.05, 0) is 6.07 Å². The average Bonchev–Trinajstić information content (AvgIpc) is 2.32. The lowest BCUT2D eigenvalue weighted by atomic mass is 10.1. The molecule has 1 aromatic rings. The van der Waals surface area contributed by atoms with Gasteiger partial charge in [0.15, 0.2) is 11.6 Å². The Hall–Kier alpha value is -2.07. The number of amides is 1. The highest BCUT2D eigenvalue weighted by Gasteiger charge is 2.26. The van der Waals surface area contributed by atoms with Crippen LogP contribution in [-0.2, 0) is 26.1 Å². The Labute approximate surface area is 118 Å². The number of rotatable bonds is 6. The number of hydrogen-bond donors (Lipinski definition) is 3. The van der Waals surface area contributed by atoms with Gasteiger partial charge in [-0.25, -0.2) is 13.6 Å². The van der Waals surface area contributed by atoms with Crippen LogP contribution in [0.2, 0.25) is 0 Å². The molecule has 0 spiro atoms. The number of halogens is 2. The molecule has 0 saturated carbocycles. The van der Waals surface area contributed by atoms with Crippen LogP contribution in [0.4, 0.5) is 8.78 Å². The van der Waals surface area contributed by atoms with E-state index >= 15 is 0 Å². The second-order valence-corrected chi connectivity index (χ2v) is 5.59. The first-order chi connectivity index (χ1) is 9.60. The van der Waals surface area contributed by atoms with E-state index in [4.69, 9.17) is 9.66 Å². The molecule has 0 saturated heterocycles. The Morgan fingerprint density at radius 3 is 2.43 bits per heavy atom. The maximum atomic E-state index is 13.3. The molecule has 0 aliphatic heterocycles. The van der Waals surface area contributed by atoms with Crippen molar-refractivity contribution in [2.24, 2.45) is 0 Å². The highest BCUT2D eigenvalue weighted by molar-refractivity contribution is 7.85. The van der Waals surface area contributed by atoms with Crippen LogP contribution in [0.1, 0.15) is 5.56 Å². The molecule has 21 heavy (non-hydrogen) atoms. The molecule has 1 rings (SSSR count). The van der Waals surface area contributed by atoms with Crippen LogP contribution in [0.3, 0.4) is 0 Å². The zero-order valence-electron chi connectivity index (χ0n) is 10.4. The second kappa shape index (κ2) is 6.59. The third-order valence-electron chi connectivity index (χ3n) is 2.39. The van der Waals surface area contributed by atoms with E-state index in [1.54, 1.807) is 5.32 Å². The van der Waals surface area contributed by atoms with Crippen molar-refractivity contribution in [2.75, 3.05) is 5.75 Å². The Morgan fingerprint density at radius 2 is 1.90 bits per heavy atom. The molecule has 0 bridgehead atoms.